The standard InChI is InChI=1S/C13H18O2/c1-12(2)7-6-10-9(11(12)14)5-8-13(3,4)15-10/h5,8H,6-7H2,1-4H3. The molecule has 0 amide bonds. The Morgan fingerprint density at radius 1 is 1.27 bits per heavy atom. The van der Waals surface area contributed by atoms with Crippen molar-refractivity contribution in [3.63, 3.8) is 0 Å². The van der Waals surface area contributed by atoms with Crippen LogP contribution < -0.4 is 0 Å². The first kappa shape index (κ1) is 10.5. The van der Waals surface area contributed by atoms with Crippen molar-refractivity contribution in [1.29, 1.82) is 0 Å². The summed E-state index contributed by atoms with van der Waals surface area (Å²) in [6.07, 6.45) is 5.66. The number of rotatable bonds is 0. The summed E-state index contributed by atoms with van der Waals surface area (Å²) in [4.78, 5) is 12.1. The van der Waals surface area contributed by atoms with E-state index in [1.165, 1.54) is 0 Å². The van der Waals surface area contributed by atoms with E-state index < -0.39 is 0 Å². The lowest BCUT2D eigenvalue weighted by atomic mass is 9.74. The lowest BCUT2D eigenvalue weighted by Crippen LogP contribution is -2.35. The van der Waals surface area contributed by atoms with Crippen molar-refractivity contribution in [3.05, 3.63) is 23.5 Å². The largest absolute Gasteiger partial charge is 0.487 e. The Morgan fingerprint density at radius 2 is 1.93 bits per heavy atom. The van der Waals surface area contributed by atoms with Gasteiger partial charge < -0.3 is 4.74 Å². The van der Waals surface area contributed by atoms with E-state index in [0.29, 0.717) is 0 Å². The average molecular weight is 206 g/mol. The Morgan fingerprint density at radius 3 is 2.60 bits per heavy atom. The van der Waals surface area contributed by atoms with Crippen LogP contribution >= 0.6 is 0 Å². The Labute approximate surface area is 91.0 Å². The first-order valence-corrected chi connectivity index (χ1v) is 5.48. The molecule has 0 saturated carbocycles. The molecule has 2 rings (SSSR count). The summed E-state index contributed by atoms with van der Waals surface area (Å²) < 4.78 is 5.81. The zero-order valence-corrected chi connectivity index (χ0v) is 9.89. The molecule has 2 nitrogen and oxygen atoms in total. The molecule has 0 atom stereocenters. The molecule has 0 aromatic carbocycles. The van der Waals surface area contributed by atoms with Gasteiger partial charge >= 0.3 is 0 Å². The molecule has 0 saturated heterocycles. The second-order valence-electron chi connectivity index (χ2n) is 5.59. The quantitative estimate of drug-likeness (QED) is 0.609. The number of hydrogen-bond donors (Lipinski definition) is 0. The maximum atomic E-state index is 12.1. The summed E-state index contributed by atoms with van der Waals surface area (Å²) in [7, 11) is 0. The van der Waals surface area contributed by atoms with Crippen LogP contribution in [0.2, 0.25) is 0 Å². The summed E-state index contributed by atoms with van der Waals surface area (Å²) in [5.74, 6) is 1.10. The first-order chi connectivity index (χ1) is 6.82. The molecular formula is C13H18O2. The molecule has 2 aliphatic rings. The van der Waals surface area contributed by atoms with E-state index in [1.54, 1.807) is 0 Å². The molecule has 2 heteroatoms. The summed E-state index contributed by atoms with van der Waals surface area (Å²) in [5, 5.41) is 0. The number of Topliss-reactive ketones (excluding diaryl/α,β-unsaturated/α-hetero) is 1. The van der Waals surface area contributed by atoms with Crippen LogP contribution in [0.3, 0.4) is 0 Å². The van der Waals surface area contributed by atoms with E-state index >= 15 is 0 Å². The highest BCUT2D eigenvalue weighted by Gasteiger charge is 2.38. The van der Waals surface area contributed by atoms with Crippen LogP contribution in [0.5, 0.6) is 0 Å². The van der Waals surface area contributed by atoms with Crippen LogP contribution in [-0.2, 0) is 9.53 Å². The van der Waals surface area contributed by atoms with Crippen molar-refractivity contribution in [1.82, 2.24) is 0 Å². The number of ketones is 1. The number of hydrogen-bond acceptors (Lipinski definition) is 2. The molecule has 0 aromatic rings. The summed E-state index contributed by atoms with van der Waals surface area (Å²) >= 11 is 0. The van der Waals surface area contributed by atoms with Crippen LogP contribution in [0.1, 0.15) is 40.5 Å². The third-order valence-electron chi connectivity index (χ3n) is 3.17. The number of carbonyl (C=O) groups is 1. The summed E-state index contributed by atoms with van der Waals surface area (Å²) in [5.41, 5.74) is 0.291. The van der Waals surface area contributed by atoms with E-state index in [-0.39, 0.29) is 16.8 Å². The predicted octanol–water partition coefficient (Wildman–Crippen LogP) is 2.99. The van der Waals surface area contributed by atoms with Gasteiger partial charge in [0.1, 0.15) is 11.4 Å². The molecule has 0 unspecified atom stereocenters. The van der Waals surface area contributed by atoms with Crippen molar-refractivity contribution < 1.29 is 9.53 Å². The molecule has 82 valence electrons. The second-order valence-corrected chi connectivity index (χ2v) is 5.59. The first-order valence-electron chi connectivity index (χ1n) is 5.48. The second kappa shape index (κ2) is 2.97. The molecule has 1 aliphatic heterocycles. The Kier molecular flexibility index (Phi) is 2.07. The minimum atomic E-state index is -0.263. The van der Waals surface area contributed by atoms with Gasteiger partial charge in [0, 0.05) is 11.8 Å². The third-order valence-corrected chi connectivity index (χ3v) is 3.17. The molecule has 1 heterocycles. The van der Waals surface area contributed by atoms with Gasteiger partial charge in [0.2, 0.25) is 0 Å². The molecule has 0 spiro atoms. The molecule has 0 radical (unpaired) electrons. The number of ether oxygens (including phenoxy) is 1. The Balaban J connectivity index is 2.37. The van der Waals surface area contributed by atoms with E-state index in [0.717, 1.165) is 24.2 Å². The molecular weight excluding hydrogens is 188 g/mol. The maximum absolute atomic E-state index is 12.1. The van der Waals surface area contributed by atoms with Gasteiger partial charge in [0.25, 0.3) is 0 Å². The van der Waals surface area contributed by atoms with Gasteiger partial charge in [-0.15, -0.1) is 0 Å². The average Bonchev–Trinajstić information content (AvgIpc) is 2.11. The van der Waals surface area contributed by atoms with Gasteiger partial charge in [0.05, 0.1) is 5.57 Å². The van der Waals surface area contributed by atoms with Gasteiger partial charge in [-0.3, -0.25) is 4.79 Å². The van der Waals surface area contributed by atoms with E-state index in [1.807, 2.05) is 39.8 Å². The summed E-state index contributed by atoms with van der Waals surface area (Å²) in [6.45, 7) is 8.04. The van der Waals surface area contributed by atoms with Crippen LogP contribution in [0.25, 0.3) is 0 Å². The van der Waals surface area contributed by atoms with E-state index in [2.05, 4.69) is 0 Å². The summed E-state index contributed by atoms with van der Waals surface area (Å²) in [6, 6.07) is 0. The van der Waals surface area contributed by atoms with E-state index in [4.69, 9.17) is 4.74 Å². The van der Waals surface area contributed by atoms with Crippen molar-refractivity contribution in [2.24, 2.45) is 5.41 Å². The fourth-order valence-corrected chi connectivity index (χ4v) is 2.08. The van der Waals surface area contributed by atoms with Crippen molar-refractivity contribution in [2.75, 3.05) is 0 Å². The van der Waals surface area contributed by atoms with Gasteiger partial charge in [-0.05, 0) is 32.4 Å². The smallest absolute Gasteiger partial charge is 0.171 e. The fraction of sp³-hybridized carbons (Fsp3) is 0.615. The Bertz CT molecular complexity index is 370. The molecule has 15 heavy (non-hydrogen) atoms. The lowest BCUT2D eigenvalue weighted by Gasteiger charge is -2.36. The van der Waals surface area contributed by atoms with Crippen LogP contribution in [0.4, 0.5) is 0 Å². The normalized spacial score (nSPS) is 27.3. The van der Waals surface area contributed by atoms with Crippen LogP contribution in [0, 0.1) is 5.41 Å². The van der Waals surface area contributed by atoms with Gasteiger partial charge in [-0.25, -0.2) is 0 Å². The predicted molar refractivity (Wildman–Crippen MR) is 59.4 cm³/mol. The molecule has 0 bridgehead atoms. The highest BCUT2D eigenvalue weighted by Crippen LogP contribution is 2.40. The van der Waals surface area contributed by atoms with Gasteiger partial charge in [-0.2, -0.15) is 0 Å². The monoisotopic (exact) mass is 206 g/mol. The minimum Gasteiger partial charge on any atom is -0.487 e. The maximum Gasteiger partial charge on any atom is 0.171 e. The Hall–Kier alpha value is -1.05. The van der Waals surface area contributed by atoms with Crippen molar-refractivity contribution >= 4 is 5.78 Å². The number of allylic oxidation sites excluding steroid dienone is 3. The lowest BCUT2D eigenvalue weighted by molar-refractivity contribution is -0.124. The highest BCUT2D eigenvalue weighted by atomic mass is 16.5. The van der Waals surface area contributed by atoms with Crippen LogP contribution in [-0.4, -0.2) is 11.4 Å². The SMILES string of the molecule is CC1(C)C=CC2=C(CCC(C)(C)C2=O)O1. The fourth-order valence-electron chi connectivity index (χ4n) is 2.08. The number of carbonyl (C=O) groups excluding carboxylic acids is 1. The minimum absolute atomic E-state index is 0.218. The molecule has 0 fully saturated rings. The van der Waals surface area contributed by atoms with E-state index in [9.17, 15) is 4.79 Å². The van der Waals surface area contributed by atoms with Gasteiger partial charge in [0.15, 0.2) is 5.78 Å². The molecule has 0 N–H and O–H groups in total. The zero-order valence-electron chi connectivity index (χ0n) is 9.89. The zero-order chi connectivity index (χ0) is 11.3. The third kappa shape index (κ3) is 1.73. The van der Waals surface area contributed by atoms with Crippen molar-refractivity contribution in [3.8, 4) is 0 Å². The van der Waals surface area contributed by atoms with Gasteiger partial charge in [-0.1, -0.05) is 13.8 Å². The molecule has 0 aromatic heterocycles. The van der Waals surface area contributed by atoms with Crippen LogP contribution in [0.15, 0.2) is 23.5 Å². The topological polar surface area (TPSA) is 26.3 Å². The molecule has 1 aliphatic carbocycles. The van der Waals surface area contributed by atoms with Crippen molar-refractivity contribution in [2.45, 2.75) is 46.1 Å². The highest BCUT2D eigenvalue weighted by molar-refractivity contribution is 6.03.